The zero-order chi connectivity index (χ0) is 13.3. The van der Waals surface area contributed by atoms with Crippen molar-refractivity contribution in [1.82, 2.24) is 0 Å². The molecule has 4 N–H and O–H groups in total. The lowest BCUT2D eigenvalue weighted by Gasteiger charge is -2.23. The number of rotatable bonds is 3. The Kier molecular flexibility index (Phi) is 3.26. The highest BCUT2D eigenvalue weighted by molar-refractivity contribution is 5.82. The summed E-state index contributed by atoms with van der Waals surface area (Å²) in [5, 5.41) is 0. The molecule has 0 aliphatic carbocycles. The van der Waals surface area contributed by atoms with Gasteiger partial charge in [0, 0.05) is 19.6 Å². The first kappa shape index (κ1) is 12.8. The van der Waals surface area contributed by atoms with Gasteiger partial charge in [-0.15, -0.1) is 0 Å². The molecule has 1 saturated heterocycles. The first-order valence-electron chi connectivity index (χ1n) is 5.99. The van der Waals surface area contributed by atoms with Crippen molar-refractivity contribution in [2.24, 2.45) is 16.9 Å². The molecule has 1 aromatic rings. The van der Waals surface area contributed by atoms with Gasteiger partial charge in [-0.2, -0.15) is 0 Å². The summed E-state index contributed by atoms with van der Waals surface area (Å²) in [6, 6.07) is 4.96. The predicted octanol–water partition coefficient (Wildman–Crippen LogP) is 0.986. The van der Waals surface area contributed by atoms with Gasteiger partial charge in [-0.25, -0.2) is 4.39 Å². The molecule has 1 aromatic carbocycles. The van der Waals surface area contributed by atoms with E-state index in [4.69, 9.17) is 11.5 Å². The second-order valence-electron chi connectivity index (χ2n) is 5.09. The number of carbonyl (C=O) groups is 1. The normalized spacial score (nSPS) is 23.4. The number of primary amides is 1. The number of nitrogens with zero attached hydrogens (tertiary/aromatic N) is 1. The van der Waals surface area contributed by atoms with E-state index in [9.17, 15) is 9.18 Å². The van der Waals surface area contributed by atoms with Crippen LogP contribution in [0.2, 0.25) is 0 Å². The summed E-state index contributed by atoms with van der Waals surface area (Å²) < 4.78 is 13.9. The summed E-state index contributed by atoms with van der Waals surface area (Å²) in [7, 11) is 0. The van der Waals surface area contributed by atoms with Gasteiger partial charge < -0.3 is 16.4 Å². The van der Waals surface area contributed by atoms with Gasteiger partial charge in [0.25, 0.3) is 0 Å². The topological polar surface area (TPSA) is 72.4 Å². The Balaban J connectivity index is 2.22. The second-order valence-corrected chi connectivity index (χ2v) is 5.09. The Morgan fingerprint density at radius 2 is 2.28 bits per heavy atom. The molecular weight excluding hydrogens is 233 g/mol. The van der Waals surface area contributed by atoms with Crippen molar-refractivity contribution < 1.29 is 9.18 Å². The van der Waals surface area contributed by atoms with E-state index in [1.807, 2.05) is 11.8 Å². The fourth-order valence-corrected chi connectivity index (χ4v) is 2.30. The molecule has 1 fully saturated rings. The Morgan fingerprint density at radius 1 is 1.56 bits per heavy atom. The highest BCUT2D eigenvalue weighted by Gasteiger charge is 2.39. The van der Waals surface area contributed by atoms with Crippen molar-refractivity contribution in [3.8, 4) is 0 Å². The molecule has 1 aliphatic heterocycles. The van der Waals surface area contributed by atoms with Gasteiger partial charge in [0.05, 0.1) is 11.1 Å². The van der Waals surface area contributed by atoms with E-state index in [1.165, 1.54) is 6.07 Å². The molecule has 0 radical (unpaired) electrons. The number of amides is 1. The van der Waals surface area contributed by atoms with Gasteiger partial charge in [0.15, 0.2) is 0 Å². The molecule has 1 atom stereocenters. The highest BCUT2D eigenvalue weighted by Crippen LogP contribution is 2.34. The second kappa shape index (κ2) is 4.57. The lowest BCUT2D eigenvalue weighted by molar-refractivity contribution is -0.125. The zero-order valence-corrected chi connectivity index (χ0v) is 10.4. The number of benzene rings is 1. The fourth-order valence-electron chi connectivity index (χ4n) is 2.30. The fraction of sp³-hybridized carbons (Fsp3) is 0.462. The van der Waals surface area contributed by atoms with Crippen LogP contribution in [-0.4, -0.2) is 19.0 Å². The molecule has 5 heteroatoms. The smallest absolute Gasteiger partial charge is 0.225 e. The highest BCUT2D eigenvalue weighted by atomic mass is 19.1. The Morgan fingerprint density at radius 3 is 2.78 bits per heavy atom. The molecule has 0 aromatic heterocycles. The third-order valence-corrected chi connectivity index (χ3v) is 3.66. The van der Waals surface area contributed by atoms with Gasteiger partial charge in [-0.05, 0) is 31.0 Å². The van der Waals surface area contributed by atoms with Gasteiger partial charge in [0.1, 0.15) is 5.82 Å². The Labute approximate surface area is 106 Å². The number of carbonyl (C=O) groups excluding carboxylic acids is 1. The molecule has 98 valence electrons. The first-order chi connectivity index (χ1) is 8.46. The summed E-state index contributed by atoms with van der Waals surface area (Å²) in [5.74, 6) is -0.629. The molecule has 1 aliphatic rings. The third-order valence-electron chi connectivity index (χ3n) is 3.66. The van der Waals surface area contributed by atoms with Crippen LogP contribution in [0, 0.1) is 11.2 Å². The van der Waals surface area contributed by atoms with Crippen LogP contribution in [0.25, 0.3) is 0 Å². The van der Waals surface area contributed by atoms with Crippen LogP contribution in [0.1, 0.15) is 18.9 Å². The van der Waals surface area contributed by atoms with Crippen molar-refractivity contribution >= 4 is 11.6 Å². The minimum absolute atomic E-state index is 0.299. The Bertz CT molecular complexity index is 477. The van der Waals surface area contributed by atoms with E-state index < -0.39 is 5.41 Å². The summed E-state index contributed by atoms with van der Waals surface area (Å²) >= 11 is 0. The van der Waals surface area contributed by atoms with E-state index >= 15 is 0 Å². The van der Waals surface area contributed by atoms with Crippen molar-refractivity contribution in [1.29, 1.82) is 0 Å². The van der Waals surface area contributed by atoms with E-state index in [0.29, 0.717) is 31.7 Å². The molecule has 0 spiro atoms. The van der Waals surface area contributed by atoms with E-state index in [-0.39, 0.29) is 11.7 Å². The van der Waals surface area contributed by atoms with Crippen LogP contribution in [0.4, 0.5) is 10.1 Å². The van der Waals surface area contributed by atoms with Crippen LogP contribution in [0.5, 0.6) is 0 Å². The SMILES string of the molecule is CC1(C(N)=O)CCN(c2ccc(CN)cc2F)C1. The molecule has 18 heavy (non-hydrogen) atoms. The maximum absolute atomic E-state index is 13.9. The summed E-state index contributed by atoms with van der Waals surface area (Å²) in [4.78, 5) is 13.2. The molecule has 1 unspecified atom stereocenters. The minimum atomic E-state index is -0.570. The van der Waals surface area contributed by atoms with Crippen LogP contribution < -0.4 is 16.4 Å². The molecular formula is C13H18FN3O. The Hall–Kier alpha value is -1.62. The van der Waals surface area contributed by atoms with Crippen LogP contribution in [0.3, 0.4) is 0 Å². The minimum Gasteiger partial charge on any atom is -0.369 e. The van der Waals surface area contributed by atoms with E-state index in [2.05, 4.69) is 0 Å². The van der Waals surface area contributed by atoms with Crippen LogP contribution >= 0.6 is 0 Å². The van der Waals surface area contributed by atoms with Gasteiger partial charge >= 0.3 is 0 Å². The van der Waals surface area contributed by atoms with E-state index in [0.717, 1.165) is 5.56 Å². The maximum atomic E-state index is 13.9. The van der Waals surface area contributed by atoms with Crippen molar-refractivity contribution in [3.63, 3.8) is 0 Å². The average molecular weight is 251 g/mol. The molecule has 0 saturated carbocycles. The van der Waals surface area contributed by atoms with Gasteiger partial charge in [-0.1, -0.05) is 6.07 Å². The first-order valence-corrected chi connectivity index (χ1v) is 5.99. The largest absolute Gasteiger partial charge is 0.369 e. The van der Waals surface area contributed by atoms with E-state index in [1.54, 1.807) is 12.1 Å². The number of halogens is 1. The summed E-state index contributed by atoms with van der Waals surface area (Å²) in [6.45, 7) is 3.23. The lowest BCUT2D eigenvalue weighted by Crippen LogP contribution is -2.37. The monoisotopic (exact) mass is 251 g/mol. The maximum Gasteiger partial charge on any atom is 0.225 e. The summed E-state index contributed by atoms with van der Waals surface area (Å²) in [6.07, 6.45) is 0.653. The number of hydrogen-bond acceptors (Lipinski definition) is 3. The zero-order valence-electron chi connectivity index (χ0n) is 10.4. The lowest BCUT2D eigenvalue weighted by atomic mass is 9.89. The molecule has 1 amide bonds. The molecule has 2 rings (SSSR count). The number of anilines is 1. The summed E-state index contributed by atoms with van der Waals surface area (Å²) in [5.41, 5.74) is 11.5. The quantitative estimate of drug-likeness (QED) is 0.841. The average Bonchev–Trinajstić information content (AvgIpc) is 2.73. The molecule has 0 bridgehead atoms. The van der Waals surface area contributed by atoms with Crippen molar-refractivity contribution in [3.05, 3.63) is 29.6 Å². The number of nitrogens with two attached hydrogens (primary N) is 2. The molecule has 4 nitrogen and oxygen atoms in total. The van der Waals surface area contributed by atoms with Crippen molar-refractivity contribution in [2.45, 2.75) is 19.9 Å². The van der Waals surface area contributed by atoms with Gasteiger partial charge in [-0.3, -0.25) is 4.79 Å². The predicted molar refractivity (Wildman–Crippen MR) is 68.4 cm³/mol. The van der Waals surface area contributed by atoms with Crippen LogP contribution in [0.15, 0.2) is 18.2 Å². The van der Waals surface area contributed by atoms with Crippen LogP contribution in [-0.2, 0) is 11.3 Å². The molecule has 1 heterocycles. The number of hydrogen-bond donors (Lipinski definition) is 2. The van der Waals surface area contributed by atoms with Gasteiger partial charge in [0.2, 0.25) is 5.91 Å². The standard InChI is InChI=1S/C13H18FN3O/c1-13(12(16)18)4-5-17(8-13)11-3-2-9(7-15)6-10(11)14/h2-3,6H,4-5,7-8,15H2,1H3,(H2,16,18). The van der Waals surface area contributed by atoms with Crippen molar-refractivity contribution in [2.75, 3.05) is 18.0 Å². The third kappa shape index (κ3) is 2.18.